The van der Waals surface area contributed by atoms with Crippen LogP contribution in [0.1, 0.15) is 44.6 Å². The standard InChI is InChI=1S/C24H19F3N4O/c1-14-2-4-18(10-17(14)5-3-15-12-29-23(28)30-13-15)22(32)20-9-7-16-6-8-19(24(25,26)27)11-21(16)31-20/h2,4,6,8,10-13,20,31H,7,9H2,1H3,(H2,28,29,30). The first-order valence-corrected chi connectivity index (χ1v) is 9.92. The van der Waals surface area contributed by atoms with Gasteiger partial charge in [0, 0.05) is 29.2 Å². The maximum Gasteiger partial charge on any atom is 0.416 e. The molecule has 0 saturated heterocycles. The van der Waals surface area contributed by atoms with Crippen molar-refractivity contribution in [2.24, 2.45) is 0 Å². The van der Waals surface area contributed by atoms with E-state index in [0.717, 1.165) is 23.3 Å². The van der Waals surface area contributed by atoms with Crippen LogP contribution in [-0.4, -0.2) is 21.8 Å². The van der Waals surface area contributed by atoms with Crippen molar-refractivity contribution in [3.05, 3.63) is 82.2 Å². The first-order chi connectivity index (χ1) is 15.2. The Morgan fingerprint density at radius 2 is 1.88 bits per heavy atom. The van der Waals surface area contributed by atoms with Gasteiger partial charge >= 0.3 is 6.18 Å². The van der Waals surface area contributed by atoms with Gasteiger partial charge in [-0.15, -0.1) is 0 Å². The van der Waals surface area contributed by atoms with E-state index < -0.39 is 17.8 Å². The number of aryl methyl sites for hydroxylation is 2. The molecule has 0 aliphatic carbocycles. The Labute approximate surface area is 182 Å². The molecule has 1 aromatic heterocycles. The summed E-state index contributed by atoms with van der Waals surface area (Å²) in [5.74, 6) is 5.93. The molecule has 8 heteroatoms. The number of fused-ring (bicyclic) bond motifs is 1. The summed E-state index contributed by atoms with van der Waals surface area (Å²) in [6.07, 6.45) is -0.397. The lowest BCUT2D eigenvalue weighted by atomic mass is 9.91. The second-order valence-electron chi connectivity index (χ2n) is 7.58. The van der Waals surface area contributed by atoms with E-state index >= 15 is 0 Å². The fraction of sp³-hybridized carbons (Fsp3) is 0.208. The lowest BCUT2D eigenvalue weighted by Crippen LogP contribution is -2.33. The van der Waals surface area contributed by atoms with Crippen molar-refractivity contribution in [2.75, 3.05) is 11.1 Å². The molecule has 0 spiro atoms. The summed E-state index contributed by atoms with van der Waals surface area (Å²) >= 11 is 0. The van der Waals surface area contributed by atoms with Gasteiger partial charge in [-0.05, 0) is 49.1 Å². The van der Waals surface area contributed by atoms with Gasteiger partial charge in [0.1, 0.15) is 0 Å². The molecule has 1 atom stereocenters. The van der Waals surface area contributed by atoms with Gasteiger partial charge < -0.3 is 11.1 Å². The van der Waals surface area contributed by atoms with Gasteiger partial charge in [-0.2, -0.15) is 13.2 Å². The molecule has 5 nitrogen and oxygen atoms in total. The van der Waals surface area contributed by atoms with Gasteiger partial charge in [-0.1, -0.05) is 30.0 Å². The summed E-state index contributed by atoms with van der Waals surface area (Å²) in [5, 5.41) is 2.99. The summed E-state index contributed by atoms with van der Waals surface area (Å²) < 4.78 is 39.2. The smallest absolute Gasteiger partial charge is 0.375 e. The van der Waals surface area contributed by atoms with Crippen molar-refractivity contribution < 1.29 is 18.0 Å². The topological polar surface area (TPSA) is 80.9 Å². The fourth-order valence-electron chi connectivity index (χ4n) is 3.51. The lowest BCUT2D eigenvalue weighted by Gasteiger charge is -2.27. The summed E-state index contributed by atoms with van der Waals surface area (Å²) in [5.41, 5.74) is 8.44. The van der Waals surface area contributed by atoms with E-state index in [1.165, 1.54) is 18.5 Å². The van der Waals surface area contributed by atoms with E-state index in [9.17, 15) is 18.0 Å². The monoisotopic (exact) mass is 436 g/mol. The number of nitrogens with one attached hydrogen (secondary N) is 1. The molecule has 0 fully saturated rings. The quantitative estimate of drug-likeness (QED) is 0.460. The van der Waals surface area contributed by atoms with Crippen molar-refractivity contribution in [3.8, 4) is 11.8 Å². The zero-order valence-electron chi connectivity index (χ0n) is 17.1. The van der Waals surface area contributed by atoms with E-state index in [1.807, 2.05) is 6.92 Å². The zero-order valence-corrected chi connectivity index (χ0v) is 17.1. The number of alkyl halides is 3. The van der Waals surface area contributed by atoms with Gasteiger partial charge in [-0.3, -0.25) is 4.79 Å². The highest BCUT2D eigenvalue weighted by Gasteiger charge is 2.32. The Morgan fingerprint density at radius 3 is 2.59 bits per heavy atom. The van der Waals surface area contributed by atoms with E-state index in [1.54, 1.807) is 18.2 Å². The van der Waals surface area contributed by atoms with Crippen LogP contribution in [0.2, 0.25) is 0 Å². The second kappa shape index (κ2) is 8.35. The number of carbonyl (C=O) groups is 1. The van der Waals surface area contributed by atoms with Crippen LogP contribution in [0.5, 0.6) is 0 Å². The highest BCUT2D eigenvalue weighted by atomic mass is 19.4. The molecular weight excluding hydrogens is 417 g/mol. The predicted octanol–water partition coefficient (Wildman–Crippen LogP) is 4.40. The van der Waals surface area contributed by atoms with Gasteiger partial charge in [0.2, 0.25) is 5.95 Å². The maximum absolute atomic E-state index is 13.1. The van der Waals surface area contributed by atoms with E-state index in [0.29, 0.717) is 35.2 Å². The molecule has 2 aromatic carbocycles. The highest BCUT2D eigenvalue weighted by molar-refractivity contribution is 6.02. The Balaban J connectivity index is 1.57. The molecule has 0 saturated carbocycles. The van der Waals surface area contributed by atoms with Crippen molar-refractivity contribution in [2.45, 2.75) is 32.0 Å². The fourth-order valence-corrected chi connectivity index (χ4v) is 3.51. The number of nitrogen functional groups attached to an aromatic ring is 1. The number of hydrogen-bond donors (Lipinski definition) is 2. The molecule has 2 heterocycles. The second-order valence-corrected chi connectivity index (χ2v) is 7.58. The zero-order chi connectivity index (χ0) is 22.9. The molecule has 1 unspecified atom stereocenters. The number of aromatic nitrogens is 2. The molecule has 162 valence electrons. The van der Waals surface area contributed by atoms with Crippen LogP contribution in [0.3, 0.4) is 0 Å². The Kier molecular flexibility index (Phi) is 5.57. The summed E-state index contributed by atoms with van der Waals surface area (Å²) in [6.45, 7) is 1.88. The number of rotatable bonds is 2. The number of carbonyl (C=O) groups excluding carboxylic acids is 1. The van der Waals surface area contributed by atoms with Crippen molar-refractivity contribution in [1.29, 1.82) is 0 Å². The van der Waals surface area contributed by atoms with Gasteiger partial charge in [-0.25, -0.2) is 9.97 Å². The van der Waals surface area contributed by atoms with Crippen molar-refractivity contribution >= 4 is 17.4 Å². The molecule has 0 amide bonds. The molecular formula is C24H19F3N4O. The normalized spacial score (nSPS) is 15.2. The summed E-state index contributed by atoms with van der Waals surface area (Å²) in [4.78, 5) is 20.9. The molecule has 3 aromatic rings. The Morgan fingerprint density at radius 1 is 1.12 bits per heavy atom. The minimum atomic E-state index is -4.44. The number of nitrogens with two attached hydrogens (primary N) is 1. The largest absolute Gasteiger partial charge is 0.416 e. The molecule has 0 radical (unpaired) electrons. The van der Waals surface area contributed by atoms with Crippen LogP contribution >= 0.6 is 0 Å². The van der Waals surface area contributed by atoms with E-state index in [2.05, 4.69) is 27.1 Å². The third kappa shape index (κ3) is 4.57. The van der Waals surface area contributed by atoms with Crippen LogP contribution < -0.4 is 11.1 Å². The molecule has 0 bridgehead atoms. The first kappa shape index (κ1) is 21.4. The third-order valence-corrected chi connectivity index (χ3v) is 5.32. The van der Waals surface area contributed by atoms with Crippen molar-refractivity contribution in [1.82, 2.24) is 9.97 Å². The lowest BCUT2D eigenvalue weighted by molar-refractivity contribution is -0.137. The number of hydrogen-bond acceptors (Lipinski definition) is 5. The minimum Gasteiger partial charge on any atom is -0.375 e. The first-order valence-electron chi connectivity index (χ1n) is 9.92. The third-order valence-electron chi connectivity index (χ3n) is 5.32. The number of halogens is 3. The molecule has 1 aliphatic rings. The minimum absolute atomic E-state index is 0.156. The highest BCUT2D eigenvalue weighted by Crippen LogP contribution is 2.35. The predicted molar refractivity (Wildman–Crippen MR) is 115 cm³/mol. The van der Waals surface area contributed by atoms with Crippen LogP contribution in [0.15, 0.2) is 48.8 Å². The van der Waals surface area contributed by atoms with E-state index in [4.69, 9.17) is 5.73 Å². The van der Waals surface area contributed by atoms with Crippen LogP contribution in [-0.2, 0) is 12.6 Å². The molecule has 32 heavy (non-hydrogen) atoms. The van der Waals surface area contributed by atoms with Crippen LogP contribution in [0, 0.1) is 18.8 Å². The molecule has 4 rings (SSSR count). The number of benzene rings is 2. The summed E-state index contributed by atoms with van der Waals surface area (Å²) in [6, 6.07) is 8.20. The van der Waals surface area contributed by atoms with Gasteiger partial charge in [0.05, 0.1) is 17.2 Å². The number of nitrogens with zero attached hydrogens (tertiary/aromatic N) is 2. The summed E-state index contributed by atoms with van der Waals surface area (Å²) in [7, 11) is 0. The average Bonchev–Trinajstić information content (AvgIpc) is 2.78. The number of Topliss-reactive ketones (excluding diaryl/α,β-unsaturated/α-hetero) is 1. The van der Waals surface area contributed by atoms with Gasteiger partial charge in [0.15, 0.2) is 5.78 Å². The molecule has 3 N–H and O–H groups in total. The van der Waals surface area contributed by atoms with Gasteiger partial charge in [0.25, 0.3) is 0 Å². The Bertz CT molecular complexity index is 1240. The van der Waals surface area contributed by atoms with E-state index in [-0.39, 0.29) is 11.7 Å². The number of anilines is 2. The maximum atomic E-state index is 13.1. The SMILES string of the molecule is Cc1ccc(C(=O)C2CCc3ccc(C(F)(F)F)cc3N2)cc1C#Cc1cnc(N)nc1. The number of ketones is 1. The van der Waals surface area contributed by atoms with Crippen molar-refractivity contribution in [3.63, 3.8) is 0 Å². The average molecular weight is 436 g/mol. The van der Waals surface area contributed by atoms with Crippen LogP contribution in [0.25, 0.3) is 0 Å². The molecule has 1 aliphatic heterocycles. The Hall–Kier alpha value is -3.86. The van der Waals surface area contributed by atoms with Crippen LogP contribution in [0.4, 0.5) is 24.8 Å².